The third kappa shape index (κ3) is 3.91. The number of carbonyl (C=O) groups excluding carboxylic acids is 1. The summed E-state index contributed by atoms with van der Waals surface area (Å²) in [6, 6.07) is 7.19. The maximum atomic E-state index is 12.1. The van der Waals surface area contributed by atoms with Gasteiger partial charge < -0.3 is 9.64 Å². The fourth-order valence-electron chi connectivity index (χ4n) is 1.46. The van der Waals surface area contributed by atoms with Crippen LogP contribution in [0.5, 0.6) is 5.75 Å². The van der Waals surface area contributed by atoms with Gasteiger partial charge in [0.1, 0.15) is 5.75 Å². The van der Waals surface area contributed by atoms with Gasteiger partial charge in [0.2, 0.25) is 0 Å². The van der Waals surface area contributed by atoms with Gasteiger partial charge in [-0.2, -0.15) is 0 Å². The van der Waals surface area contributed by atoms with Crippen LogP contribution in [0.4, 0.5) is 0 Å². The van der Waals surface area contributed by atoms with E-state index >= 15 is 0 Å². The number of amides is 1. The minimum absolute atomic E-state index is 0.0192. The van der Waals surface area contributed by atoms with Crippen LogP contribution in [0.1, 0.15) is 31.1 Å². The zero-order valence-electron chi connectivity index (χ0n) is 11.3. The van der Waals surface area contributed by atoms with Crippen molar-refractivity contribution in [2.24, 2.45) is 0 Å². The quantitative estimate of drug-likeness (QED) is 0.769. The second-order valence-electron chi connectivity index (χ2n) is 4.61. The normalized spacial score (nSPS) is 12.3. The number of benzene rings is 1. The Hall–Kier alpha value is -1.22. The SMILES string of the molecule is CC(C)Oc1ccc(C(=O)N(C)C(C)CCl)cc1. The number of nitrogens with zero attached hydrogens (tertiary/aromatic N) is 1. The second kappa shape index (κ2) is 6.64. The molecule has 0 bridgehead atoms. The number of rotatable bonds is 5. The molecular weight excluding hydrogens is 250 g/mol. The van der Waals surface area contributed by atoms with E-state index in [0.717, 1.165) is 5.75 Å². The van der Waals surface area contributed by atoms with Crippen molar-refractivity contribution in [1.82, 2.24) is 4.90 Å². The zero-order valence-corrected chi connectivity index (χ0v) is 12.1. The summed E-state index contributed by atoms with van der Waals surface area (Å²) in [6.07, 6.45) is 0.130. The highest BCUT2D eigenvalue weighted by Crippen LogP contribution is 2.15. The summed E-state index contributed by atoms with van der Waals surface area (Å²) in [4.78, 5) is 13.7. The van der Waals surface area contributed by atoms with E-state index in [-0.39, 0.29) is 18.1 Å². The molecule has 100 valence electrons. The smallest absolute Gasteiger partial charge is 0.253 e. The lowest BCUT2D eigenvalue weighted by atomic mass is 10.1. The maximum Gasteiger partial charge on any atom is 0.253 e. The molecule has 3 nitrogen and oxygen atoms in total. The van der Waals surface area contributed by atoms with E-state index in [2.05, 4.69) is 0 Å². The van der Waals surface area contributed by atoms with E-state index in [1.807, 2.05) is 32.9 Å². The number of halogens is 1. The summed E-state index contributed by atoms with van der Waals surface area (Å²) in [6.45, 7) is 5.85. The predicted molar refractivity (Wildman–Crippen MR) is 74.5 cm³/mol. The first-order valence-corrected chi connectivity index (χ1v) is 6.59. The molecule has 0 aliphatic heterocycles. The maximum absolute atomic E-state index is 12.1. The molecule has 0 radical (unpaired) electrons. The standard InChI is InChI=1S/C14H20ClNO2/c1-10(2)18-13-7-5-12(6-8-13)14(17)16(4)11(3)9-15/h5-8,10-11H,9H2,1-4H3. The van der Waals surface area contributed by atoms with E-state index in [4.69, 9.17) is 16.3 Å². The molecule has 0 aliphatic carbocycles. The molecule has 0 fully saturated rings. The fourth-order valence-corrected chi connectivity index (χ4v) is 1.66. The topological polar surface area (TPSA) is 29.5 Å². The first-order valence-electron chi connectivity index (χ1n) is 6.05. The van der Waals surface area contributed by atoms with Gasteiger partial charge in [0.05, 0.1) is 6.10 Å². The van der Waals surface area contributed by atoms with Crippen LogP contribution in [0.2, 0.25) is 0 Å². The van der Waals surface area contributed by atoms with Crippen molar-refractivity contribution in [2.75, 3.05) is 12.9 Å². The summed E-state index contributed by atoms with van der Waals surface area (Å²) in [5, 5.41) is 0. The van der Waals surface area contributed by atoms with Gasteiger partial charge in [0, 0.05) is 24.5 Å². The van der Waals surface area contributed by atoms with Crippen LogP contribution in [0, 0.1) is 0 Å². The first-order chi connectivity index (χ1) is 8.45. The third-order valence-electron chi connectivity index (χ3n) is 2.68. The molecule has 1 rings (SSSR count). The number of hydrogen-bond acceptors (Lipinski definition) is 2. The number of alkyl halides is 1. The molecule has 0 saturated heterocycles. The van der Waals surface area contributed by atoms with Crippen molar-refractivity contribution in [2.45, 2.75) is 32.9 Å². The molecule has 0 spiro atoms. The second-order valence-corrected chi connectivity index (χ2v) is 4.92. The molecule has 0 heterocycles. The average molecular weight is 270 g/mol. The lowest BCUT2D eigenvalue weighted by Gasteiger charge is -2.23. The highest BCUT2D eigenvalue weighted by Gasteiger charge is 2.16. The van der Waals surface area contributed by atoms with E-state index in [1.54, 1.807) is 24.1 Å². The molecule has 0 aromatic heterocycles. The minimum atomic E-state index is -0.0285. The fraction of sp³-hybridized carbons (Fsp3) is 0.500. The van der Waals surface area contributed by atoms with Gasteiger partial charge in [-0.3, -0.25) is 4.79 Å². The van der Waals surface area contributed by atoms with Crippen LogP contribution in [-0.2, 0) is 0 Å². The van der Waals surface area contributed by atoms with Crippen LogP contribution in [0.3, 0.4) is 0 Å². The summed E-state index contributed by atoms with van der Waals surface area (Å²) in [5.74, 6) is 1.17. The van der Waals surface area contributed by atoms with Crippen molar-refractivity contribution in [3.05, 3.63) is 29.8 Å². The molecule has 0 saturated carbocycles. The van der Waals surface area contributed by atoms with Gasteiger partial charge in [0.15, 0.2) is 0 Å². The lowest BCUT2D eigenvalue weighted by molar-refractivity contribution is 0.0756. The molecule has 1 atom stereocenters. The van der Waals surface area contributed by atoms with Gasteiger partial charge in [-0.1, -0.05) is 0 Å². The Balaban J connectivity index is 2.75. The van der Waals surface area contributed by atoms with Crippen molar-refractivity contribution in [3.63, 3.8) is 0 Å². The first kappa shape index (κ1) is 14.8. The van der Waals surface area contributed by atoms with Crippen molar-refractivity contribution in [1.29, 1.82) is 0 Å². The Morgan fingerprint density at radius 3 is 2.28 bits per heavy atom. The van der Waals surface area contributed by atoms with Crippen LogP contribution < -0.4 is 4.74 Å². The van der Waals surface area contributed by atoms with Crippen molar-refractivity contribution in [3.8, 4) is 5.75 Å². The highest BCUT2D eigenvalue weighted by atomic mass is 35.5. The highest BCUT2D eigenvalue weighted by molar-refractivity contribution is 6.18. The van der Waals surface area contributed by atoms with Gasteiger partial charge in [-0.15, -0.1) is 11.6 Å². The average Bonchev–Trinajstić information content (AvgIpc) is 2.36. The summed E-state index contributed by atoms with van der Waals surface area (Å²) >= 11 is 5.75. The Kier molecular flexibility index (Phi) is 5.48. The molecule has 1 aromatic carbocycles. The lowest BCUT2D eigenvalue weighted by Crippen LogP contribution is -2.36. The van der Waals surface area contributed by atoms with Gasteiger partial charge >= 0.3 is 0 Å². The minimum Gasteiger partial charge on any atom is -0.491 e. The van der Waals surface area contributed by atoms with E-state index in [1.165, 1.54) is 0 Å². The molecule has 1 aromatic rings. The molecule has 0 aliphatic rings. The van der Waals surface area contributed by atoms with E-state index in [9.17, 15) is 4.79 Å². The molecular formula is C14H20ClNO2. The monoisotopic (exact) mass is 269 g/mol. The number of carbonyl (C=O) groups is 1. The van der Waals surface area contributed by atoms with Gasteiger partial charge in [0.25, 0.3) is 5.91 Å². The van der Waals surface area contributed by atoms with Crippen LogP contribution >= 0.6 is 11.6 Å². The summed E-state index contributed by atoms with van der Waals surface area (Å²) < 4.78 is 5.53. The molecule has 0 N–H and O–H groups in total. The Morgan fingerprint density at radius 2 is 1.83 bits per heavy atom. The van der Waals surface area contributed by atoms with E-state index in [0.29, 0.717) is 11.4 Å². The summed E-state index contributed by atoms with van der Waals surface area (Å²) in [7, 11) is 1.76. The van der Waals surface area contributed by atoms with E-state index < -0.39 is 0 Å². The molecule has 1 unspecified atom stereocenters. The summed E-state index contributed by atoms with van der Waals surface area (Å²) in [5.41, 5.74) is 0.644. The van der Waals surface area contributed by atoms with Crippen molar-refractivity contribution < 1.29 is 9.53 Å². The number of hydrogen-bond donors (Lipinski definition) is 0. The van der Waals surface area contributed by atoms with Gasteiger partial charge in [-0.25, -0.2) is 0 Å². The zero-order chi connectivity index (χ0) is 13.7. The van der Waals surface area contributed by atoms with Gasteiger partial charge in [-0.05, 0) is 45.0 Å². The largest absolute Gasteiger partial charge is 0.491 e. The van der Waals surface area contributed by atoms with Crippen LogP contribution in [0.25, 0.3) is 0 Å². The molecule has 18 heavy (non-hydrogen) atoms. The van der Waals surface area contributed by atoms with Crippen molar-refractivity contribution >= 4 is 17.5 Å². The molecule has 1 amide bonds. The Morgan fingerprint density at radius 1 is 1.28 bits per heavy atom. The Labute approximate surface area is 114 Å². The van der Waals surface area contributed by atoms with Crippen LogP contribution in [0.15, 0.2) is 24.3 Å². The Bertz CT molecular complexity index is 389. The third-order valence-corrected chi connectivity index (χ3v) is 3.12. The predicted octanol–water partition coefficient (Wildman–Crippen LogP) is 3.17. The van der Waals surface area contributed by atoms with Crippen LogP contribution in [-0.4, -0.2) is 35.9 Å². The number of ether oxygens (including phenoxy) is 1. The molecule has 4 heteroatoms.